The van der Waals surface area contributed by atoms with Crippen molar-refractivity contribution in [2.45, 2.75) is 46.3 Å². The molecule has 4 aromatic rings. The molecule has 0 spiro atoms. The third-order valence-corrected chi connectivity index (χ3v) is 7.51. The highest BCUT2D eigenvalue weighted by atomic mass is 16.5. The molecule has 3 aromatic heterocycles. The van der Waals surface area contributed by atoms with Crippen molar-refractivity contribution in [3.05, 3.63) is 87.5 Å². The highest BCUT2D eigenvalue weighted by Gasteiger charge is 2.25. The van der Waals surface area contributed by atoms with Gasteiger partial charge in [-0.1, -0.05) is 18.2 Å². The molecule has 0 atom stereocenters. The van der Waals surface area contributed by atoms with Crippen molar-refractivity contribution < 1.29 is 9.53 Å². The molecule has 2 N–H and O–H groups in total. The molecule has 38 heavy (non-hydrogen) atoms. The molecule has 1 aliphatic rings. The van der Waals surface area contributed by atoms with E-state index in [4.69, 9.17) is 4.74 Å². The Labute approximate surface area is 221 Å². The summed E-state index contributed by atoms with van der Waals surface area (Å²) < 4.78 is 7.67. The average molecular weight is 515 g/mol. The normalized spacial score (nSPS) is 14.6. The molecule has 1 aliphatic heterocycles. The van der Waals surface area contributed by atoms with Crippen LogP contribution in [0.5, 0.6) is 5.75 Å². The number of aromatic amines is 1. The highest BCUT2D eigenvalue weighted by Crippen LogP contribution is 2.29. The van der Waals surface area contributed by atoms with Crippen molar-refractivity contribution in [2.24, 2.45) is 5.92 Å². The van der Waals surface area contributed by atoms with Crippen LogP contribution in [-0.4, -0.2) is 50.5 Å². The number of hydrogen-bond acceptors (Lipinski definition) is 6. The first-order valence-electron chi connectivity index (χ1n) is 13.0. The van der Waals surface area contributed by atoms with Crippen molar-refractivity contribution in [3.63, 3.8) is 0 Å². The number of carbonyl (C=O) groups excluding carboxylic acids is 1. The molecule has 0 radical (unpaired) electrons. The van der Waals surface area contributed by atoms with E-state index < -0.39 is 0 Å². The fourth-order valence-corrected chi connectivity index (χ4v) is 5.47. The zero-order chi connectivity index (χ0) is 26.6. The number of nitrogens with zero attached hydrogens (tertiary/aromatic N) is 4. The molecule has 0 saturated carbocycles. The van der Waals surface area contributed by atoms with Crippen LogP contribution in [0.2, 0.25) is 0 Å². The zero-order valence-electron chi connectivity index (χ0n) is 22.2. The number of pyridine rings is 1. The van der Waals surface area contributed by atoms with Gasteiger partial charge in [-0.05, 0) is 63.9 Å². The number of carbonyl (C=O) groups is 1. The first-order valence-corrected chi connectivity index (χ1v) is 13.0. The molecular weight excluding hydrogens is 480 g/mol. The molecule has 9 nitrogen and oxygen atoms in total. The topological polar surface area (TPSA) is 105 Å². The van der Waals surface area contributed by atoms with E-state index in [1.807, 2.05) is 31.2 Å². The van der Waals surface area contributed by atoms with Crippen molar-refractivity contribution in [1.29, 1.82) is 0 Å². The number of aromatic nitrogens is 4. The second-order valence-corrected chi connectivity index (χ2v) is 10.0. The van der Waals surface area contributed by atoms with Gasteiger partial charge in [0.25, 0.3) is 11.5 Å². The van der Waals surface area contributed by atoms with Crippen LogP contribution in [-0.2, 0) is 19.6 Å². The molecule has 9 heteroatoms. The number of para-hydroxylation sites is 1. The molecule has 1 fully saturated rings. The SMILES string of the molecule is COc1cc(C)[nH]c(=O)c1CNC(=O)c1c(C)n(CC2CCN(Cc3ccncn3)CC2)c2ccccc12. The number of benzene rings is 1. The van der Waals surface area contributed by atoms with E-state index in [1.54, 1.807) is 25.5 Å². The van der Waals surface area contributed by atoms with Gasteiger partial charge in [-0.2, -0.15) is 0 Å². The van der Waals surface area contributed by atoms with E-state index in [0.717, 1.165) is 61.3 Å². The van der Waals surface area contributed by atoms with Gasteiger partial charge in [-0.3, -0.25) is 14.5 Å². The van der Waals surface area contributed by atoms with Gasteiger partial charge in [0, 0.05) is 41.6 Å². The lowest BCUT2D eigenvalue weighted by Gasteiger charge is -2.32. The van der Waals surface area contributed by atoms with Gasteiger partial charge >= 0.3 is 0 Å². The van der Waals surface area contributed by atoms with Crippen molar-refractivity contribution in [1.82, 2.24) is 29.7 Å². The number of H-pyrrole nitrogens is 1. The number of hydrogen-bond donors (Lipinski definition) is 2. The maximum Gasteiger partial charge on any atom is 0.256 e. The lowest BCUT2D eigenvalue weighted by Crippen LogP contribution is -2.35. The van der Waals surface area contributed by atoms with Crippen LogP contribution < -0.4 is 15.6 Å². The Balaban J connectivity index is 1.31. The van der Waals surface area contributed by atoms with Crippen LogP contribution in [0.15, 0.2) is 53.7 Å². The Bertz CT molecular complexity index is 1490. The summed E-state index contributed by atoms with van der Waals surface area (Å²) in [5.74, 6) is 0.799. The monoisotopic (exact) mass is 514 g/mol. The Kier molecular flexibility index (Phi) is 7.55. The smallest absolute Gasteiger partial charge is 0.256 e. The van der Waals surface area contributed by atoms with E-state index in [2.05, 4.69) is 35.8 Å². The molecule has 1 amide bonds. The van der Waals surface area contributed by atoms with Crippen molar-refractivity contribution >= 4 is 16.8 Å². The molecule has 1 aromatic carbocycles. The van der Waals surface area contributed by atoms with E-state index in [0.29, 0.717) is 28.5 Å². The second-order valence-electron chi connectivity index (χ2n) is 10.0. The first kappa shape index (κ1) is 25.7. The van der Waals surface area contributed by atoms with E-state index in [-0.39, 0.29) is 18.0 Å². The summed E-state index contributed by atoms with van der Waals surface area (Å²) in [5, 5.41) is 3.88. The van der Waals surface area contributed by atoms with Crippen molar-refractivity contribution in [3.8, 4) is 5.75 Å². The average Bonchev–Trinajstić information content (AvgIpc) is 3.20. The molecular formula is C29H34N6O3. The van der Waals surface area contributed by atoms with E-state index >= 15 is 0 Å². The summed E-state index contributed by atoms with van der Waals surface area (Å²) in [5.41, 5.74) is 4.56. The predicted octanol–water partition coefficient (Wildman–Crippen LogP) is 3.59. The van der Waals surface area contributed by atoms with Crippen LogP contribution in [0.4, 0.5) is 0 Å². The predicted molar refractivity (Wildman–Crippen MR) is 146 cm³/mol. The Morgan fingerprint density at radius 2 is 1.97 bits per heavy atom. The maximum atomic E-state index is 13.5. The van der Waals surface area contributed by atoms with Crippen LogP contribution in [0.25, 0.3) is 10.9 Å². The quantitative estimate of drug-likeness (QED) is 0.372. The van der Waals surface area contributed by atoms with Gasteiger partial charge in [0.1, 0.15) is 12.1 Å². The molecule has 198 valence electrons. The molecule has 1 saturated heterocycles. The number of amides is 1. The van der Waals surface area contributed by atoms with Crippen molar-refractivity contribution in [2.75, 3.05) is 20.2 Å². The molecule has 5 rings (SSSR count). The largest absolute Gasteiger partial charge is 0.496 e. The number of methoxy groups -OCH3 is 1. The van der Waals surface area contributed by atoms with Gasteiger partial charge in [-0.15, -0.1) is 0 Å². The Morgan fingerprint density at radius 1 is 1.18 bits per heavy atom. The lowest BCUT2D eigenvalue weighted by molar-refractivity contribution is 0.0951. The van der Waals surface area contributed by atoms with Crippen LogP contribution in [0, 0.1) is 19.8 Å². The van der Waals surface area contributed by atoms with Gasteiger partial charge in [-0.25, -0.2) is 9.97 Å². The summed E-state index contributed by atoms with van der Waals surface area (Å²) in [6.07, 6.45) is 5.58. The number of rotatable bonds is 8. The first-order chi connectivity index (χ1) is 18.4. The number of nitrogens with one attached hydrogen (secondary N) is 2. The number of piperidine rings is 1. The molecule has 0 unspecified atom stereocenters. The number of aryl methyl sites for hydroxylation is 1. The summed E-state index contributed by atoms with van der Waals surface area (Å²) in [6.45, 7) is 7.65. The van der Waals surface area contributed by atoms with Crippen LogP contribution >= 0.6 is 0 Å². The summed E-state index contributed by atoms with van der Waals surface area (Å²) in [7, 11) is 1.53. The fourth-order valence-electron chi connectivity index (χ4n) is 5.47. The molecule has 0 bridgehead atoms. The summed E-state index contributed by atoms with van der Waals surface area (Å²) in [6, 6.07) is 11.8. The third kappa shape index (κ3) is 5.33. The van der Waals surface area contributed by atoms with E-state index in [1.165, 1.54) is 7.11 Å². The van der Waals surface area contributed by atoms with E-state index in [9.17, 15) is 9.59 Å². The van der Waals surface area contributed by atoms with Crippen LogP contribution in [0.3, 0.4) is 0 Å². The fraction of sp³-hybridized carbons (Fsp3) is 0.379. The van der Waals surface area contributed by atoms with Crippen LogP contribution in [0.1, 0.15) is 45.8 Å². The zero-order valence-corrected chi connectivity index (χ0v) is 22.2. The number of fused-ring (bicyclic) bond motifs is 1. The lowest BCUT2D eigenvalue weighted by atomic mass is 9.96. The second kappa shape index (κ2) is 11.2. The standard InChI is InChI=1S/C29H34N6O3/c1-19-14-26(38-3)24(28(36)33-19)15-31-29(37)27-20(2)35(25-7-5-4-6-23(25)27)16-21-9-12-34(13-10-21)17-22-8-11-30-18-32-22/h4-8,11,14,18,21H,9-10,12-13,15-17H2,1-3H3,(H,31,37)(H,33,36). The molecule has 4 heterocycles. The summed E-state index contributed by atoms with van der Waals surface area (Å²) >= 11 is 0. The number of likely N-dealkylation sites (tertiary alicyclic amines) is 1. The maximum absolute atomic E-state index is 13.5. The van der Waals surface area contributed by atoms with Gasteiger partial charge < -0.3 is 19.6 Å². The number of ether oxygens (including phenoxy) is 1. The Morgan fingerprint density at radius 3 is 2.71 bits per heavy atom. The molecule has 0 aliphatic carbocycles. The minimum Gasteiger partial charge on any atom is -0.496 e. The van der Waals surface area contributed by atoms with Gasteiger partial charge in [0.15, 0.2) is 0 Å². The van der Waals surface area contributed by atoms with Gasteiger partial charge in [0.05, 0.1) is 30.5 Å². The summed E-state index contributed by atoms with van der Waals surface area (Å²) in [4.78, 5) is 39.5. The Hall–Kier alpha value is -3.98. The highest BCUT2D eigenvalue weighted by molar-refractivity contribution is 6.08. The van der Waals surface area contributed by atoms with Gasteiger partial charge in [0.2, 0.25) is 0 Å². The third-order valence-electron chi connectivity index (χ3n) is 7.51. The minimum atomic E-state index is -0.257. The minimum absolute atomic E-state index is 0.0847.